The Balaban J connectivity index is 2.59. The van der Waals surface area contributed by atoms with Gasteiger partial charge in [0.25, 0.3) is 0 Å². The molecule has 2 aromatic heterocycles. The number of rotatable bonds is 7. The van der Waals surface area contributed by atoms with E-state index < -0.39 is 5.95 Å². The second-order valence-corrected chi connectivity index (χ2v) is 5.88. The number of unbranched alkanes of at least 4 members (excludes halogenated alkanes) is 2. The lowest BCUT2D eigenvalue weighted by Gasteiger charge is -2.13. The topological polar surface area (TPSA) is 49.6 Å². The van der Waals surface area contributed by atoms with Gasteiger partial charge in [0.05, 0.1) is 11.4 Å². The zero-order valence-corrected chi connectivity index (χ0v) is 15.0. The van der Waals surface area contributed by atoms with Crippen LogP contribution in [0.15, 0.2) is 42.6 Å². The first kappa shape index (κ1) is 18.7. The van der Waals surface area contributed by atoms with E-state index in [9.17, 15) is 4.39 Å². The van der Waals surface area contributed by atoms with E-state index in [4.69, 9.17) is 10.4 Å². The molecule has 0 bridgehead atoms. The van der Waals surface area contributed by atoms with Gasteiger partial charge in [-0.1, -0.05) is 38.0 Å². The molecule has 2 heterocycles. The van der Waals surface area contributed by atoms with E-state index >= 15 is 0 Å². The maximum atomic E-state index is 13.7. The van der Waals surface area contributed by atoms with E-state index in [-0.39, 0.29) is 0 Å². The van der Waals surface area contributed by atoms with Gasteiger partial charge in [0.15, 0.2) is 0 Å². The number of halogens is 1. The Morgan fingerprint density at radius 3 is 2.72 bits per heavy atom. The molecule has 0 atom stereocenters. The van der Waals surface area contributed by atoms with Crippen LogP contribution in [0.3, 0.4) is 0 Å². The Hall–Kier alpha value is -2.62. The van der Waals surface area contributed by atoms with Crippen LogP contribution in [-0.4, -0.2) is 16.2 Å². The predicted octanol–water partition coefficient (Wildman–Crippen LogP) is 5.60. The third kappa shape index (κ3) is 4.69. The van der Waals surface area contributed by atoms with Crippen LogP contribution in [0, 0.1) is 18.3 Å². The van der Waals surface area contributed by atoms with Crippen molar-refractivity contribution in [2.75, 3.05) is 0 Å². The van der Waals surface area contributed by atoms with Crippen LogP contribution in [0.1, 0.15) is 55.6 Å². The summed E-state index contributed by atoms with van der Waals surface area (Å²) >= 11 is 0. The monoisotopic (exact) mass is 337 g/mol. The SMILES string of the molecule is C/C=C(\C=N)c1ccc(C)c(/C(=C\CCCC)c2ccnc(F)c2)n1. The van der Waals surface area contributed by atoms with Crippen LogP contribution in [0.2, 0.25) is 0 Å². The molecule has 0 saturated carbocycles. The molecule has 1 N–H and O–H groups in total. The molecule has 25 heavy (non-hydrogen) atoms. The Bertz CT molecular complexity index is 807. The standard InChI is InChI=1S/C21H24FN3/c1-4-6-7-8-18(17-11-12-24-20(22)13-17)21-15(3)9-10-19(25-21)16(5-2)14-23/h5,8-14,23H,4,6-7H2,1-3H3/b16-5+,18-8-,23-14?. The molecule has 0 aliphatic heterocycles. The van der Waals surface area contributed by atoms with Crippen LogP contribution in [-0.2, 0) is 0 Å². The second-order valence-electron chi connectivity index (χ2n) is 5.88. The third-order valence-electron chi connectivity index (χ3n) is 4.06. The number of aromatic nitrogens is 2. The minimum Gasteiger partial charge on any atom is -0.308 e. The van der Waals surface area contributed by atoms with Crippen LogP contribution in [0.25, 0.3) is 11.1 Å². The van der Waals surface area contributed by atoms with Crippen LogP contribution >= 0.6 is 0 Å². The first-order valence-corrected chi connectivity index (χ1v) is 8.58. The van der Waals surface area contributed by atoms with Gasteiger partial charge in [-0.05, 0) is 43.5 Å². The van der Waals surface area contributed by atoms with Crippen molar-refractivity contribution in [1.29, 1.82) is 5.41 Å². The summed E-state index contributed by atoms with van der Waals surface area (Å²) in [5.74, 6) is -0.499. The molecule has 0 spiro atoms. The van der Waals surface area contributed by atoms with Gasteiger partial charge in [0, 0.05) is 29.6 Å². The highest BCUT2D eigenvalue weighted by Gasteiger charge is 2.13. The number of allylic oxidation sites excluding steroid dienone is 3. The van der Waals surface area contributed by atoms with Crippen molar-refractivity contribution in [2.45, 2.75) is 40.0 Å². The van der Waals surface area contributed by atoms with E-state index in [0.29, 0.717) is 0 Å². The fraction of sp³-hybridized carbons (Fsp3) is 0.286. The van der Waals surface area contributed by atoms with Crippen LogP contribution in [0.4, 0.5) is 4.39 Å². The number of pyridine rings is 2. The molecule has 2 rings (SSSR count). The zero-order chi connectivity index (χ0) is 18.2. The summed E-state index contributed by atoms with van der Waals surface area (Å²) in [6.45, 7) is 6.03. The van der Waals surface area contributed by atoms with Crippen molar-refractivity contribution in [1.82, 2.24) is 9.97 Å². The molecule has 0 aliphatic carbocycles. The fourth-order valence-electron chi connectivity index (χ4n) is 2.64. The number of nitrogens with one attached hydrogen (secondary N) is 1. The number of aryl methyl sites for hydroxylation is 1. The van der Waals surface area contributed by atoms with Crippen molar-refractivity contribution in [3.05, 3.63) is 71.1 Å². The molecular formula is C21H24FN3. The number of hydrogen-bond acceptors (Lipinski definition) is 3. The van der Waals surface area contributed by atoms with Gasteiger partial charge in [-0.2, -0.15) is 4.39 Å². The molecule has 130 valence electrons. The smallest absolute Gasteiger partial charge is 0.213 e. The molecule has 0 fully saturated rings. The van der Waals surface area contributed by atoms with Crippen molar-refractivity contribution in [3.8, 4) is 0 Å². The molecular weight excluding hydrogens is 313 g/mol. The average molecular weight is 337 g/mol. The number of hydrogen-bond donors (Lipinski definition) is 1. The normalized spacial score (nSPS) is 12.3. The first-order valence-electron chi connectivity index (χ1n) is 8.58. The van der Waals surface area contributed by atoms with Crippen LogP contribution in [0.5, 0.6) is 0 Å². The lowest BCUT2D eigenvalue weighted by Crippen LogP contribution is -2.01. The maximum absolute atomic E-state index is 13.7. The summed E-state index contributed by atoms with van der Waals surface area (Å²) in [5, 5.41) is 7.55. The highest BCUT2D eigenvalue weighted by Crippen LogP contribution is 2.27. The summed E-state index contributed by atoms with van der Waals surface area (Å²) in [4.78, 5) is 8.42. The summed E-state index contributed by atoms with van der Waals surface area (Å²) in [6, 6.07) is 7.16. The van der Waals surface area contributed by atoms with E-state index in [1.54, 1.807) is 0 Å². The average Bonchev–Trinajstić information content (AvgIpc) is 2.61. The minimum absolute atomic E-state index is 0.499. The van der Waals surface area contributed by atoms with E-state index in [1.165, 1.54) is 18.5 Å². The van der Waals surface area contributed by atoms with E-state index in [0.717, 1.165) is 52.9 Å². The number of nitrogens with zero attached hydrogens (tertiary/aromatic N) is 2. The van der Waals surface area contributed by atoms with E-state index in [2.05, 4.69) is 18.0 Å². The van der Waals surface area contributed by atoms with Gasteiger partial charge in [-0.3, -0.25) is 0 Å². The Morgan fingerprint density at radius 1 is 1.28 bits per heavy atom. The molecule has 0 saturated heterocycles. The zero-order valence-electron chi connectivity index (χ0n) is 15.0. The van der Waals surface area contributed by atoms with Crippen molar-refractivity contribution in [2.24, 2.45) is 0 Å². The Morgan fingerprint density at radius 2 is 2.08 bits per heavy atom. The molecule has 0 unspecified atom stereocenters. The van der Waals surface area contributed by atoms with Gasteiger partial charge in [0.2, 0.25) is 5.95 Å². The highest BCUT2D eigenvalue weighted by molar-refractivity contribution is 6.07. The molecule has 0 amide bonds. The molecule has 4 heteroatoms. The third-order valence-corrected chi connectivity index (χ3v) is 4.06. The summed E-state index contributed by atoms with van der Waals surface area (Å²) in [5.41, 5.74) is 5.02. The Labute approximate surface area is 148 Å². The summed E-state index contributed by atoms with van der Waals surface area (Å²) in [7, 11) is 0. The molecule has 3 nitrogen and oxygen atoms in total. The van der Waals surface area contributed by atoms with Crippen LogP contribution < -0.4 is 0 Å². The van der Waals surface area contributed by atoms with Gasteiger partial charge < -0.3 is 5.41 Å². The largest absolute Gasteiger partial charge is 0.308 e. The fourth-order valence-corrected chi connectivity index (χ4v) is 2.64. The van der Waals surface area contributed by atoms with Gasteiger partial charge >= 0.3 is 0 Å². The van der Waals surface area contributed by atoms with Gasteiger partial charge in [-0.25, -0.2) is 9.97 Å². The lowest BCUT2D eigenvalue weighted by molar-refractivity contribution is 0.583. The molecule has 0 aromatic carbocycles. The van der Waals surface area contributed by atoms with E-state index in [1.807, 2.05) is 38.1 Å². The quantitative estimate of drug-likeness (QED) is 0.406. The molecule has 0 radical (unpaired) electrons. The summed E-state index contributed by atoms with van der Waals surface area (Å²) < 4.78 is 13.7. The predicted molar refractivity (Wildman–Crippen MR) is 102 cm³/mol. The molecule has 0 aliphatic rings. The first-order chi connectivity index (χ1) is 12.1. The van der Waals surface area contributed by atoms with Crippen molar-refractivity contribution >= 4 is 17.4 Å². The second kappa shape index (κ2) is 9.02. The minimum atomic E-state index is -0.499. The summed E-state index contributed by atoms with van der Waals surface area (Å²) in [6.07, 6.45) is 9.83. The Kier molecular flexibility index (Phi) is 6.75. The van der Waals surface area contributed by atoms with Crippen molar-refractivity contribution in [3.63, 3.8) is 0 Å². The lowest BCUT2D eigenvalue weighted by atomic mass is 9.97. The van der Waals surface area contributed by atoms with Gasteiger partial charge in [0.1, 0.15) is 0 Å². The maximum Gasteiger partial charge on any atom is 0.213 e. The molecule has 2 aromatic rings. The highest BCUT2D eigenvalue weighted by atomic mass is 19.1. The van der Waals surface area contributed by atoms with Crippen molar-refractivity contribution < 1.29 is 4.39 Å². The van der Waals surface area contributed by atoms with Gasteiger partial charge in [-0.15, -0.1) is 0 Å².